The Morgan fingerprint density at radius 1 is 1.43 bits per heavy atom. The van der Waals surface area contributed by atoms with E-state index in [2.05, 4.69) is 9.82 Å². The molecule has 0 radical (unpaired) electrons. The third kappa shape index (κ3) is 3.52. The lowest BCUT2D eigenvalue weighted by Crippen LogP contribution is -2.23. The normalized spacial score (nSPS) is 12.2. The molecular weight excluding hydrogens is 290 g/mol. The van der Waals surface area contributed by atoms with Gasteiger partial charge in [0.05, 0.1) is 17.1 Å². The standard InChI is InChI=1S/C13H21N5O2S/c1-10(2)18-9-13(6-12(18)7-14)21(19,20)15-8-11-4-5-17(3)16-11/h4-6,9-10,15H,7-8,14H2,1-3H3. The molecule has 2 aromatic heterocycles. The molecule has 116 valence electrons. The SMILES string of the molecule is CC(C)n1cc(S(=O)(=O)NCc2ccn(C)n2)cc1CN. The smallest absolute Gasteiger partial charge is 0.242 e. The monoisotopic (exact) mass is 311 g/mol. The van der Waals surface area contributed by atoms with E-state index in [1.54, 1.807) is 36.3 Å². The van der Waals surface area contributed by atoms with Crippen molar-refractivity contribution in [1.29, 1.82) is 0 Å². The van der Waals surface area contributed by atoms with Gasteiger partial charge in [-0.05, 0) is 26.0 Å². The van der Waals surface area contributed by atoms with Crippen LogP contribution in [0.4, 0.5) is 0 Å². The minimum absolute atomic E-state index is 0.156. The maximum Gasteiger partial charge on any atom is 0.242 e. The van der Waals surface area contributed by atoms with Crippen LogP contribution in [0.5, 0.6) is 0 Å². The topological polar surface area (TPSA) is 94.9 Å². The molecule has 2 heterocycles. The van der Waals surface area contributed by atoms with Crippen molar-refractivity contribution in [3.8, 4) is 0 Å². The molecule has 2 rings (SSSR count). The van der Waals surface area contributed by atoms with Crippen molar-refractivity contribution in [3.05, 3.63) is 35.9 Å². The maximum absolute atomic E-state index is 12.3. The molecule has 0 aliphatic heterocycles. The number of hydrogen-bond donors (Lipinski definition) is 2. The van der Waals surface area contributed by atoms with Crippen molar-refractivity contribution in [2.24, 2.45) is 12.8 Å². The third-order valence-electron chi connectivity index (χ3n) is 3.19. The van der Waals surface area contributed by atoms with Crippen LogP contribution in [0.15, 0.2) is 29.4 Å². The minimum atomic E-state index is -3.57. The van der Waals surface area contributed by atoms with E-state index in [9.17, 15) is 8.42 Å². The van der Waals surface area contributed by atoms with E-state index >= 15 is 0 Å². The second-order valence-electron chi connectivity index (χ2n) is 5.18. The Morgan fingerprint density at radius 3 is 2.62 bits per heavy atom. The molecule has 0 aromatic carbocycles. The molecule has 7 nitrogen and oxygen atoms in total. The fourth-order valence-electron chi connectivity index (χ4n) is 2.10. The summed E-state index contributed by atoms with van der Waals surface area (Å²) < 4.78 is 30.7. The van der Waals surface area contributed by atoms with Crippen molar-refractivity contribution < 1.29 is 8.42 Å². The van der Waals surface area contributed by atoms with Crippen LogP contribution in [-0.2, 0) is 30.2 Å². The fourth-order valence-corrected chi connectivity index (χ4v) is 3.15. The zero-order valence-corrected chi connectivity index (χ0v) is 13.3. The van der Waals surface area contributed by atoms with E-state index in [0.717, 1.165) is 5.69 Å². The summed E-state index contributed by atoms with van der Waals surface area (Å²) in [5.41, 5.74) is 7.13. The quantitative estimate of drug-likeness (QED) is 0.822. The van der Waals surface area contributed by atoms with Gasteiger partial charge in [0.1, 0.15) is 0 Å². The maximum atomic E-state index is 12.3. The van der Waals surface area contributed by atoms with Crippen molar-refractivity contribution in [2.75, 3.05) is 0 Å². The van der Waals surface area contributed by atoms with E-state index in [-0.39, 0.29) is 17.5 Å². The average Bonchev–Trinajstić information content (AvgIpc) is 3.02. The molecule has 0 fully saturated rings. The highest BCUT2D eigenvalue weighted by Crippen LogP contribution is 2.18. The number of rotatable bonds is 6. The lowest BCUT2D eigenvalue weighted by Gasteiger charge is -2.10. The van der Waals surface area contributed by atoms with Crippen molar-refractivity contribution in [1.82, 2.24) is 19.1 Å². The molecule has 0 saturated carbocycles. The Bertz CT molecular complexity index is 715. The number of nitrogens with one attached hydrogen (secondary N) is 1. The minimum Gasteiger partial charge on any atom is -0.346 e. The Kier molecular flexibility index (Phi) is 4.50. The van der Waals surface area contributed by atoms with Gasteiger partial charge in [0.25, 0.3) is 0 Å². The highest BCUT2D eigenvalue weighted by atomic mass is 32.2. The highest BCUT2D eigenvalue weighted by molar-refractivity contribution is 7.89. The van der Waals surface area contributed by atoms with E-state index in [4.69, 9.17) is 5.73 Å². The Labute approximate surface area is 124 Å². The molecule has 0 bridgehead atoms. The van der Waals surface area contributed by atoms with Gasteiger partial charge in [-0.3, -0.25) is 4.68 Å². The summed E-state index contributed by atoms with van der Waals surface area (Å²) in [5.74, 6) is 0. The summed E-state index contributed by atoms with van der Waals surface area (Å²) in [5, 5.41) is 4.14. The molecular formula is C13H21N5O2S. The third-order valence-corrected chi connectivity index (χ3v) is 4.56. The average molecular weight is 311 g/mol. The zero-order chi connectivity index (χ0) is 15.6. The molecule has 8 heteroatoms. The fraction of sp³-hybridized carbons (Fsp3) is 0.462. The summed E-state index contributed by atoms with van der Waals surface area (Å²) in [6.07, 6.45) is 3.39. The van der Waals surface area contributed by atoms with Crippen LogP contribution < -0.4 is 10.5 Å². The summed E-state index contributed by atoms with van der Waals surface area (Å²) in [7, 11) is -1.78. The van der Waals surface area contributed by atoms with Crippen LogP contribution in [0.1, 0.15) is 31.3 Å². The number of nitrogens with two attached hydrogens (primary N) is 1. The highest BCUT2D eigenvalue weighted by Gasteiger charge is 2.19. The van der Waals surface area contributed by atoms with Gasteiger partial charge >= 0.3 is 0 Å². The summed E-state index contributed by atoms with van der Waals surface area (Å²) in [4.78, 5) is 0.229. The summed E-state index contributed by atoms with van der Waals surface area (Å²) >= 11 is 0. The lowest BCUT2D eigenvalue weighted by molar-refractivity contribution is 0.568. The molecule has 0 aliphatic rings. The van der Waals surface area contributed by atoms with Crippen molar-refractivity contribution in [3.63, 3.8) is 0 Å². The molecule has 0 amide bonds. The first kappa shape index (κ1) is 15.7. The Hall–Kier alpha value is -1.64. The van der Waals surface area contributed by atoms with Gasteiger partial charge in [0.15, 0.2) is 0 Å². The predicted molar refractivity (Wildman–Crippen MR) is 79.9 cm³/mol. The van der Waals surface area contributed by atoms with Crippen molar-refractivity contribution >= 4 is 10.0 Å². The molecule has 2 aromatic rings. The molecule has 3 N–H and O–H groups in total. The van der Waals surface area contributed by atoms with Crippen LogP contribution in [0.25, 0.3) is 0 Å². The summed E-state index contributed by atoms with van der Waals surface area (Å²) in [6.45, 7) is 4.43. The van der Waals surface area contributed by atoms with Gasteiger partial charge in [-0.15, -0.1) is 0 Å². The van der Waals surface area contributed by atoms with E-state index in [1.165, 1.54) is 0 Å². The van der Waals surface area contributed by atoms with Gasteiger partial charge in [-0.2, -0.15) is 5.10 Å². The van der Waals surface area contributed by atoms with E-state index in [0.29, 0.717) is 12.2 Å². The van der Waals surface area contributed by atoms with Crippen molar-refractivity contribution in [2.45, 2.75) is 37.9 Å². The van der Waals surface area contributed by atoms with Gasteiger partial charge in [0.2, 0.25) is 10.0 Å². The van der Waals surface area contributed by atoms with Gasteiger partial charge < -0.3 is 10.3 Å². The van der Waals surface area contributed by atoms with Crippen LogP contribution in [0.2, 0.25) is 0 Å². The van der Waals surface area contributed by atoms with Crippen LogP contribution in [0, 0.1) is 0 Å². The molecule has 0 aliphatic carbocycles. The second kappa shape index (κ2) is 6.00. The number of hydrogen-bond acceptors (Lipinski definition) is 4. The van der Waals surface area contributed by atoms with E-state index in [1.807, 2.05) is 18.4 Å². The molecule has 0 saturated heterocycles. The Balaban J connectivity index is 2.19. The first-order valence-corrected chi connectivity index (χ1v) is 8.21. The Morgan fingerprint density at radius 2 is 2.14 bits per heavy atom. The first-order chi connectivity index (χ1) is 9.83. The van der Waals surface area contributed by atoms with Crippen LogP contribution in [0.3, 0.4) is 0 Å². The molecule has 0 spiro atoms. The molecule has 21 heavy (non-hydrogen) atoms. The summed E-state index contributed by atoms with van der Waals surface area (Å²) in [6, 6.07) is 3.54. The number of aromatic nitrogens is 3. The number of nitrogens with zero attached hydrogens (tertiary/aromatic N) is 3. The van der Waals surface area contributed by atoms with Crippen LogP contribution >= 0.6 is 0 Å². The lowest BCUT2D eigenvalue weighted by atomic mass is 10.3. The van der Waals surface area contributed by atoms with Gasteiger partial charge in [0, 0.05) is 37.7 Å². The first-order valence-electron chi connectivity index (χ1n) is 6.72. The molecule has 0 atom stereocenters. The van der Waals surface area contributed by atoms with Crippen LogP contribution in [-0.4, -0.2) is 22.8 Å². The molecule has 0 unspecified atom stereocenters. The largest absolute Gasteiger partial charge is 0.346 e. The van der Waals surface area contributed by atoms with Gasteiger partial charge in [-0.25, -0.2) is 13.1 Å². The number of sulfonamides is 1. The van der Waals surface area contributed by atoms with E-state index < -0.39 is 10.0 Å². The second-order valence-corrected chi connectivity index (χ2v) is 6.94. The van der Waals surface area contributed by atoms with Gasteiger partial charge in [-0.1, -0.05) is 0 Å². The zero-order valence-electron chi connectivity index (χ0n) is 12.4. The number of aryl methyl sites for hydroxylation is 1. The predicted octanol–water partition coefficient (Wildman–Crippen LogP) is 0.740.